The number of hydrogen-bond donors (Lipinski definition) is 0. The van der Waals surface area contributed by atoms with E-state index < -0.39 is 10.1 Å². The van der Waals surface area contributed by atoms with Crippen LogP contribution in [0, 0.1) is 6.92 Å². The molecule has 0 radical (unpaired) electrons. The van der Waals surface area contributed by atoms with Crippen LogP contribution in [0.25, 0.3) is 10.4 Å². The Morgan fingerprint density at radius 3 is 2.62 bits per heavy atom. The van der Waals surface area contributed by atoms with E-state index in [4.69, 9.17) is 14.5 Å². The van der Waals surface area contributed by atoms with Crippen molar-refractivity contribution in [3.63, 3.8) is 0 Å². The first kappa shape index (κ1) is 17.8. The first-order chi connectivity index (χ1) is 11.5. The van der Waals surface area contributed by atoms with Crippen LogP contribution < -0.4 is 4.74 Å². The SMILES string of the molecule is Cc1ccc(S(=O)(=O)OCc2cccc(OCCN=[N+]=[N-])c2)cc1. The van der Waals surface area contributed by atoms with Crippen molar-refractivity contribution in [3.05, 3.63) is 70.1 Å². The Morgan fingerprint density at radius 1 is 1.17 bits per heavy atom. The smallest absolute Gasteiger partial charge is 0.297 e. The molecule has 24 heavy (non-hydrogen) atoms. The van der Waals surface area contributed by atoms with Crippen molar-refractivity contribution < 1.29 is 17.3 Å². The largest absolute Gasteiger partial charge is 0.493 e. The van der Waals surface area contributed by atoms with Crippen LogP contribution in [0.4, 0.5) is 0 Å². The minimum atomic E-state index is -3.81. The highest BCUT2D eigenvalue weighted by atomic mass is 32.2. The standard InChI is InChI=1S/C16H17N3O4S/c1-13-5-7-16(8-6-13)24(20,21)23-12-14-3-2-4-15(11-14)22-10-9-18-19-17/h2-8,11H,9-10,12H2,1H3. The molecule has 0 spiro atoms. The van der Waals surface area contributed by atoms with Crippen molar-refractivity contribution in [1.29, 1.82) is 0 Å². The Hall–Kier alpha value is -2.54. The van der Waals surface area contributed by atoms with Crippen LogP contribution in [0.15, 0.2) is 58.5 Å². The summed E-state index contributed by atoms with van der Waals surface area (Å²) in [7, 11) is -3.81. The second-order valence-corrected chi connectivity index (χ2v) is 6.60. The zero-order valence-corrected chi connectivity index (χ0v) is 13.9. The molecule has 8 heteroatoms. The lowest BCUT2D eigenvalue weighted by Gasteiger charge is -2.08. The van der Waals surface area contributed by atoms with E-state index in [1.54, 1.807) is 36.4 Å². The van der Waals surface area contributed by atoms with Gasteiger partial charge in [0.2, 0.25) is 0 Å². The molecule has 0 atom stereocenters. The molecule has 0 saturated heterocycles. The fourth-order valence-corrected chi connectivity index (χ4v) is 2.79. The fourth-order valence-electron chi connectivity index (χ4n) is 1.89. The normalized spacial score (nSPS) is 10.9. The number of hydrogen-bond acceptors (Lipinski definition) is 5. The molecule has 7 nitrogen and oxygen atoms in total. The average molecular weight is 347 g/mol. The summed E-state index contributed by atoms with van der Waals surface area (Å²) in [4.78, 5) is 2.75. The molecule has 0 heterocycles. The maximum atomic E-state index is 12.1. The first-order valence-electron chi connectivity index (χ1n) is 7.20. The number of azide groups is 1. The molecule has 0 aliphatic carbocycles. The number of ether oxygens (including phenoxy) is 1. The molecule has 0 aromatic heterocycles. The van der Waals surface area contributed by atoms with Gasteiger partial charge in [-0.15, -0.1) is 0 Å². The molecule has 0 amide bonds. The Morgan fingerprint density at radius 2 is 1.92 bits per heavy atom. The minimum absolute atomic E-state index is 0.0935. The molecule has 0 N–H and O–H groups in total. The van der Waals surface area contributed by atoms with Crippen LogP contribution in [0.3, 0.4) is 0 Å². The summed E-state index contributed by atoms with van der Waals surface area (Å²) in [6, 6.07) is 13.3. The van der Waals surface area contributed by atoms with Gasteiger partial charge in [0.05, 0.1) is 24.7 Å². The maximum absolute atomic E-state index is 12.1. The van der Waals surface area contributed by atoms with Gasteiger partial charge in [-0.05, 0) is 42.3 Å². The van der Waals surface area contributed by atoms with E-state index in [2.05, 4.69) is 10.0 Å². The molecule has 0 aliphatic rings. The molecule has 2 aromatic rings. The predicted octanol–water partition coefficient (Wildman–Crippen LogP) is 3.59. The summed E-state index contributed by atoms with van der Waals surface area (Å²) < 4.78 is 34.8. The van der Waals surface area contributed by atoms with Gasteiger partial charge in [0.25, 0.3) is 10.1 Å². The van der Waals surface area contributed by atoms with Crippen molar-refractivity contribution in [1.82, 2.24) is 0 Å². The molecule has 0 saturated carbocycles. The van der Waals surface area contributed by atoms with Crippen molar-refractivity contribution in [2.45, 2.75) is 18.4 Å². The van der Waals surface area contributed by atoms with Crippen LogP contribution in [0.1, 0.15) is 11.1 Å². The number of aryl methyl sites for hydroxylation is 1. The topological polar surface area (TPSA) is 101 Å². The fraction of sp³-hybridized carbons (Fsp3) is 0.250. The zero-order chi connectivity index (χ0) is 17.4. The highest BCUT2D eigenvalue weighted by Gasteiger charge is 2.15. The van der Waals surface area contributed by atoms with Crippen LogP contribution >= 0.6 is 0 Å². The van der Waals surface area contributed by atoms with E-state index in [0.717, 1.165) is 5.56 Å². The lowest BCUT2D eigenvalue weighted by Crippen LogP contribution is -2.07. The van der Waals surface area contributed by atoms with Crippen molar-refractivity contribution in [2.24, 2.45) is 5.11 Å². The van der Waals surface area contributed by atoms with Gasteiger partial charge in [0.15, 0.2) is 0 Å². The molecule has 126 valence electrons. The Bertz CT molecular complexity index is 829. The number of nitrogens with zero attached hydrogens (tertiary/aromatic N) is 3. The summed E-state index contributed by atoms with van der Waals surface area (Å²) in [5.41, 5.74) is 9.82. The second-order valence-electron chi connectivity index (χ2n) is 4.98. The van der Waals surface area contributed by atoms with E-state index >= 15 is 0 Å². The highest BCUT2D eigenvalue weighted by Crippen LogP contribution is 2.18. The first-order valence-corrected chi connectivity index (χ1v) is 8.61. The molecule has 2 rings (SSSR count). The summed E-state index contributed by atoms with van der Waals surface area (Å²) >= 11 is 0. The monoisotopic (exact) mass is 347 g/mol. The van der Waals surface area contributed by atoms with Gasteiger partial charge in [0, 0.05) is 4.91 Å². The van der Waals surface area contributed by atoms with Gasteiger partial charge in [-0.3, -0.25) is 4.18 Å². The lowest BCUT2D eigenvalue weighted by atomic mass is 10.2. The highest BCUT2D eigenvalue weighted by molar-refractivity contribution is 7.86. The van der Waals surface area contributed by atoms with E-state index in [9.17, 15) is 8.42 Å². The third kappa shape index (κ3) is 5.27. The number of rotatable bonds is 8. The molecule has 2 aromatic carbocycles. The van der Waals surface area contributed by atoms with Crippen molar-refractivity contribution in [2.75, 3.05) is 13.2 Å². The van der Waals surface area contributed by atoms with Crippen molar-refractivity contribution >= 4 is 10.1 Å². The van der Waals surface area contributed by atoms with Gasteiger partial charge in [0.1, 0.15) is 5.75 Å². The average Bonchev–Trinajstić information content (AvgIpc) is 2.58. The van der Waals surface area contributed by atoms with Crippen LogP contribution in [-0.4, -0.2) is 21.6 Å². The van der Waals surface area contributed by atoms with Gasteiger partial charge in [-0.2, -0.15) is 8.42 Å². The van der Waals surface area contributed by atoms with E-state index in [0.29, 0.717) is 11.3 Å². The minimum Gasteiger partial charge on any atom is -0.493 e. The molecular formula is C16H17N3O4S. The predicted molar refractivity (Wildman–Crippen MR) is 89.1 cm³/mol. The quantitative estimate of drug-likeness (QED) is 0.239. The van der Waals surface area contributed by atoms with Gasteiger partial charge in [-0.1, -0.05) is 34.9 Å². The second kappa shape index (κ2) is 8.35. The van der Waals surface area contributed by atoms with Crippen LogP contribution in [0.2, 0.25) is 0 Å². The van der Waals surface area contributed by atoms with E-state index in [1.807, 2.05) is 6.92 Å². The van der Waals surface area contributed by atoms with Crippen LogP contribution in [-0.2, 0) is 20.9 Å². The van der Waals surface area contributed by atoms with E-state index in [-0.39, 0.29) is 24.7 Å². The maximum Gasteiger partial charge on any atom is 0.297 e. The molecular weight excluding hydrogens is 330 g/mol. The molecule has 0 aliphatic heterocycles. The number of benzene rings is 2. The molecule has 0 bridgehead atoms. The summed E-state index contributed by atoms with van der Waals surface area (Å²) in [5, 5.41) is 3.37. The molecule has 0 unspecified atom stereocenters. The van der Waals surface area contributed by atoms with Crippen LogP contribution in [0.5, 0.6) is 5.75 Å². The summed E-state index contributed by atoms with van der Waals surface area (Å²) in [6.07, 6.45) is 0. The van der Waals surface area contributed by atoms with Gasteiger partial charge in [-0.25, -0.2) is 0 Å². The Kier molecular flexibility index (Phi) is 6.20. The zero-order valence-electron chi connectivity index (χ0n) is 13.1. The summed E-state index contributed by atoms with van der Waals surface area (Å²) in [5.74, 6) is 0.553. The third-order valence-electron chi connectivity index (χ3n) is 3.11. The van der Waals surface area contributed by atoms with Gasteiger partial charge >= 0.3 is 0 Å². The van der Waals surface area contributed by atoms with Crippen molar-refractivity contribution in [3.8, 4) is 5.75 Å². The molecule has 0 fully saturated rings. The summed E-state index contributed by atoms with van der Waals surface area (Å²) in [6.45, 7) is 2.25. The lowest BCUT2D eigenvalue weighted by molar-refractivity contribution is 0.304. The Balaban J connectivity index is 1.98. The third-order valence-corrected chi connectivity index (χ3v) is 4.39. The van der Waals surface area contributed by atoms with Gasteiger partial charge < -0.3 is 4.74 Å². The van der Waals surface area contributed by atoms with E-state index in [1.165, 1.54) is 12.1 Å². The Labute approximate surface area is 140 Å².